The van der Waals surface area contributed by atoms with Crippen molar-refractivity contribution < 1.29 is 22.7 Å². The second kappa shape index (κ2) is 11.5. The largest absolute Gasteiger partial charge is 0.416 e. The number of anilines is 1. The van der Waals surface area contributed by atoms with Crippen LogP contribution in [0.1, 0.15) is 60.2 Å². The van der Waals surface area contributed by atoms with E-state index in [-0.39, 0.29) is 17.7 Å². The summed E-state index contributed by atoms with van der Waals surface area (Å²) in [6, 6.07) is 11.0. The molecule has 3 aromatic rings. The molecule has 0 spiro atoms. The van der Waals surface area contributed by atoms with Gasteiger partial charge in [0.15, 0.2) is 0 Å². The van der Waals surface area contributed by atoms with Gasteiger partial charge in [-0.3, -0.25) is 15.1 Å². The van der Waals surface area contributed by atoms with Crippen LogP contribution in [-0.2, 0) is 22.3 Å². The Labute approximate surface area is 242 Å². The van der Waals surface area contributed by atoms with Crippen LogP contribution >= 0.6 is 0 Å². The molecule has 10 heteroatoms. The number of hydrogen-bond acceptors (Lipinski definition) is 5. The molecule has 1 amide bonds. The summed E-state index contributed by atoms with van der Waals surface area (Å²) < 4.78 is 44.4. The molecule has 2 N–H and O–H groups in total. The Bertz CT molecular complexity index is 1510. The molecule has 0 aliphatic carbocycles. The molecule has 0 unspecified atom stereocenters. The number of aryl methyl sites for hydroxylation is 1. The second-order valence-corrected chi connectivity index (χ2v) is 11.3. The Morgan fingerprint density at radius 1 is 1.10 bits per heavy atom. The van der Waals surface area contributed by atoms with Gasteiger partial charge in [-0.25, -0.2) is 4.98 Å². The topological polar surface area (TPSA) is 85.3 Å². The van der Waals surface area contributed by atoms with Crippen LogP contribution in [0.4, 0.5) is 18.9 Å². The molecule has 2 fully saturated rings. The number of nitrogens with zero attached hydrogens (tertiary/aromatic N) is 3. The fraction of sp³-hybridized carbons (Fsp3) is 0.406. The molecule has 0 saturated carbocycles. The van der Waals surface area contributed by atoms with Gasteiger partial charge in [-0.2, -0.15) is 13.2 Å². The Balaban J connectivity index is 1.12. The lowest BCUT2D eigenvalue weighted by molar-refractivity contribution is -0.137. The monoisotopic (exact) mass is 577 g/mol. The molecule has 220 valence electrons. The van der Waals surface area contributed by atoms with Gasteiger partial charge in [0.25, 0.3) is 5.91 Å². The Kier molecular flexibility index (Phi) is 7.76. The highest BCUT2D eigenvalue weighted by Gasteiger charge is 2.39. The molecule has 6 rings (SSSR count). The summed E-state index contributed by atoms with van der Waals surface area (Å²) in [4.78, 5) is 25.2. The van der Waals surface area contributed by atoms with E-state index in [4.69, 9.17) is 15.1 Å². The van der Waals surface area contributed by atoms with E-state index < -0.39 is 11.7 Å². The average Bonchev–Trinajstić information content (AvgIpc) is 3.31. The molecule has 3 aliphatic heterocycles. The number of alkyl halides is 3. The van der Waals surface area contributed by atoms with Crippen molar-refractivity contribution in [1.82, 2.24) is 14.9 Å². The zero-order valence-electron chi connectivity index (χ0n) is 23.6. The van der Waals surface area contributed by atoms with Crippen LogP contribution < -0.4 is 4.90 Å². The molecule has 0 radical (unpaired) electrons. The third kappa shape index (κ3) is 5.78. The lowest BCUT2D eigenvalue weighted by Crippen LogP contribution is -2.47. The molecule has 7 nitrogen and oxygen atoms in total. The van der Waals surface area contributed by atoms with Crippen molar-refractivity contribution in [3.05, 3.63) is 76.1 Å². The number of amides is 1. The van der Waals surface area contributed by atoms with Gasteiger partial charge in [0.1, 0.15) is 11.5 Å². The summed E-state index contributed by atoms with van der Waals surface area (Å²) in [7, 11) is 0. The summed E-state index contributed by atoms with van der Waals surface area (Å²) in [5.74, 6) is 0.312. The maximum Gasteiger partial charge on any atom is 0.416 e. The Hall–Kier alpha value is -3.76. The van der Waals surface area contributed by atoms with Gasteiger partial charge < -0.3 is 14.6 Å². The number of rotatable bonds is 5. The predicted octanol–water partition coefficient (Wildman–Crippen LogP) is 6.37. The highest BCUT2D eigenvalue weighted by atomic mass is 19.4. The molecule has 4 heterocycles. The van der Waals surface area contributed by atoms with Crippen molar-refractivity contribution in [3.8, 4) is 11.4 Å². The number of ether oxygens (including phenoxy) is 1. The van der Waals surface area contributed by atoms with Gasteiger partial charge in [-0.05, 0) is 68.9 Å². The maximum atomic E-state index is 13.2. The van der Waals surface area contributed by atoms with Gasteiger partial charge in [0.05, 0.1) is 23.6 Å². The standard InChI is InChI=1S/C32H34F3N5O2/c1-20-27(38-30(37-20)23-5-7-24(8-6-23)32(33,34)35)19-39-13-10-25(11-14-39)40-28-18-22(4-9-26(28)29(36)31(40)41)17-21-3-2-15-42-16-12-21/h4-9,17-18,25,36H,2-3,10-16,19H2,1H3,(H,37,38)/b21-17-,36-29?. The summed E-state index contributed by atoms with van der Waals surface area (Å²) in [6.07, 6.45) is 2.31. The number of aromatic amines is 1. The van der Waals surface area contributed by atoms with E-state index in [0.29, 0.717) is 23.5 Å². The third-order valence-corrected chi connectivity index (χ3v) is 8.48. The van der Waals surface area contributed by atoms with Crippen molar-refractivity contribution in [1.29, 1.82) is 5.41 Å². The number of aromatic nitrogens is 2. The highest BCUT2D eigenvalue weighted by Crippen LogP contribution is 2.36. The first-order valence-electron chi connectivity index (χ1n) is 14.5. The summed E-state index contributed by atoms with van der Waals surface area (Å²) in [6.45, 7) is 5.59. The van der Waals surface area contributed by atoms with E-state index in [9.17, 15) is 18.0 Å². The number of benzene rings is 2. The van der Waals surface area contributed by atoms with E-state index in [0.717, 1.165) is 93.2 Å². The molecule has 2 aromatic carbocycles. The zero-order chi connectivity index (χ0) is 29.4. The van der Waals surface area contributed by atoms with Crippen LogP contribution in [0.5, 0.6) is 0 Å². The fourth-order valence-corrected chi connectivity index (χ4v) is 6.12. The van der Waals surface area contributed by atoms with Crippen molar-refractivity contribution in [2.75, 3.05) is 31.2 Å². The minimum atomic E-state index is -4.37. The number of fused-ring (bicyclic) bond motifs is 1. The minimum absolute atomic E-state index is 0.00697. The first-order chi connectivity index (χ1) is 20.2. The van der Waals surface area contributed by atoms with Crippen LogP contribution in [0.3, 0.4) is 0 Å². The number of likely N-dealkylation sites (tertiary alicyclic amines) is 1. The van der Waals surface area contributed by atoms with E-state index in [1.807, 2.05) is 24.0 Å². The van der Waals surface area contributed by atoms with Crippen LogP contribution in [0.15, 0.2) is 48.0 Å². The van der Waals surface area contributed by atoms with Gasteiger partial charge in [0.2, 0.25) is 0 Å². The van der Waals surface area contributed by atoms with E-state index in [1.54, 1.807) is 0 Å². The van der Waals surface area contributed by atoms with Crippen molar-refractivity contribution >= 4 is 23.4 Å². The lowest BCUT2D eigenvalue weighted by atomic mass is 10.0. The van der Waals surface area contributed by atoms with Crippen molar-refractivity contribution in [2.24, 2.45) is 0 Å². The second-order valence-electron chi connectivity index (χ2n) is 11.3. The predicted molar refractivity (Wildman–Crippen MR) is 155 cm³/mol. The smallest absolute Gasteiger partial charge is 0.381 e. The third-order valence-electron chi connectivity index (χ3n) is 8.48. The van der Waals surface area contributed by atoms with Crippen LogP contribution in [0.25, 0.3) is 17.5 Å². The molecule has 1 aromatic heterocycles. The summed E-state index contributed by atoms with van der Waals surface area (Å²) >= 11 is 0. The molecular weight excluding hydrogens is 543 g/mol. The molecule has 0 atom stereocenters. The number of halogens is 3. The van der Waals surface area contributed by atoms with Crippen LogP contribution in [0, 0.1) is 12.3 Å². The Morgan fingerprint density at radius 2 is 1.86 bits per heavy atom. The summed E-state index contributed by atoms with van der Waals surface area (Å²) in [5.41, 5.74) is 5.62. The van der Waals surface area contributed by atoms with E-state index in [1.165, 1.54) is 17.7 Å². The first-order valence-corrected chi connectivity index (χ1v) is 14.5. The average molecular weight is 578 g/mol. The van der Waals surface area contributed by atoms with Gasteiger partial charge in [0, 0.05) is 49.1 Å². The molecule has 2 saturated heterocycles. The number of hydrogen-bond donors (Lipinski definition) is 2. The van der Waals surface area contributed by atoms with Crippen molar-refractivity contribution in [2.45, 2.75) is 57.8 Å². The molecular formula is C32H34F3N5O2. The quantitative estimate of drug-likeness (QED) is 0.369. The number of piperidine rings is 1. The molecule has 0 bridgehead atoms. The number of imidazole rings is 1. The number of H-pyrrole nitrogens is 1. The molecule has 42 heavy (non-hydrogen) atoms. The number of carbonyl (C=O) groups is 1. The highest BCUT2D eigenvalue weighted by molar-refractivity contribution is 6.53. The van der Waals surface area contributed by atoms with Gasteiger partial charge in [-0.15, -0.1) is 0 Å². The molecule has 3 aliphatic rings. The Morgan fingerprint density at radius 3 is 2.60 bits per heavy atom. The van der Waals surface area contributed by atoms with E-state index >= 15 is 0 Å². The lowest BCUT2D eigenvalue weighted by Gasteiger charge is -2.36. The first kappa shape index (κ1) is 28.4. The SMILES string of the molecule is Cc1[nH]c(-c2ccc(C(F)(F)F)cc2)nc1CN1CCC(N2C(=O)C(=N)c3ccc(/C=C4/CCCOCC4)cc32)CC1. The minimum Gasteiger partial charge on any atom is -0.381 e. The van der Waals surface area contributed by atoms with Crippen molar-refractivity contribution in [3.63, 3.8) is 0 Å². The van der Waals surface area contributed by atoms with Crippen LogP contribution in [-0.4, -0.2) is 58.8 Å². The zero-order valence-corrected chi connectivity index (χ0v) is 23.6. The fourth-order valence-electron chi connectivity index (χ4n) is 6.12. The van der Waals surface area contributed by atoms with Gasteiger partial charge >= 0.3 is 6.18 Å². The van der Waals surface area contributed by atoms with E-state index in [2.05, 4.69) is 22.0 Å². The number of carbonyl (C=O) groups excluding carboxylic acids is 1. The van der Waals surface area contributed by atoms with Crippen LogP contribution in [0.2, 0.25) is 0 Å². The van der Waals surface area contributed by atoms with Gasteiger partial charge in [-0.1, -0.05) is 29.8 Å². The number of nitrogens with one attached hydrogen (secondary N) is 2. The maximum absolute atomic E-state index is 13.2. The summed E-state index contributed by atoms with van der Waals surface area (Å²) in [5, 5.41) is 8.46. The normalized spacial score (nSPS) is 19.9.